The van der Waals surface area contributed by atoms with E-state index in [1.54, 1.807) is 18.4 Å². The maximum Gasteiger partial charge on any atom is 0.181 e. The summed E-state index contributed by atoms with van der Waals surface area (Å²) in [4.78, 5) is 15.2. The van der Waals surface area contributed by atoms with Crippen LogP contribution in [0.25, 0.3) is 11.3 Å². The number of nitrogens with zero attached hydrogens (tertiary/aromatic N) is 1. The van der Waals surface area contributed by atoms with E-state index in [9.17, 15) is 4.79 Å². The highest BCUT2D eigenvalue weighted by Crippen LogP contribution is 2.39. The van der Waals surface area contributed by atoms with Crippen LogP contribution in [0.15, 0.2) is 41.0 Å². The third-order valence-electron chi connectivity index (χ3n) is 6.08. The Hall–Kier alpha value is -2.40. The smallest absolute Gasteiger partial charge is 0.181 e. The standard InChI is InChI=1S/C21H25N3O2/c1-24-15-5-6-16(24)10-13(9-15)11-19(25)21(23)17-12-14(4-7-18(17)22)20-3-2-8-26-20/h2-4,7-8,12-13,15-16,23H,5-6,9-11,22H2,1H3. The molecule has 5 nitrogen and oxygen atoms in total. The Labute approximate surface area is 153 Å². The van der Waals surface area contributed by atoms with Crippen LogP contribution >= 0.6 is 0 Å². The zero-order chi connectivity index (χ0) is 18.3. The Morgan fingerprint density at radius 2 is 2.00 bits per heavy atom. The van der Waals surface area contributed by atoms with Crippen LogP contribution in [0.2, 0.25) is 0 Å². The number of Topliss-reactive ketones (excluding diaryl/α,β-unsaturated/α-hetero) is 1. The van der Waals surface area contributed by atoms with Crippen LogP contribution in [0.3, 0.4) is 0 Å². The summed E-state index contributed by atoms with van der Waals surface area (Å²) in [6, 6.07) is 10.3. The SMILES string of the molecule is CN1C2CCC1CC(CC(=O)C(=N)c1cc(-c3ccco3)ccc1N)C2. The van der Waals surface area contributed by atoms with Crippen LogP contribution in [0, 0.1) is 11.3 Å². The van der Waals surface area contributed by atoms with Crippen molar-refractivity contribution >= 4 is 17.2 Å². The lowest BCUT2D eigenvalue weighted by atomic mass is 9.85. The second kappa shape index (κ2) is 6.72. The maximum absolute atomic E-state index is 12.8. The Morgan fingerprint density at radius 1 is 1.27 bits per heavy atom. The molecule has 3 N–H and O–H groups in total. The number of anilines is 1. The molecule has 3 heterocycles. The monoisotopic (exact) mass is 351 g/mol. The molecule has 136 valence electrons. The van der Waals surface area contributed by atoms with E-state index in [-0.39, 0.29) is 11.5 Å². The van der Waals surface area contributed by atoms with E-state index in [0.29, 0.717) is 41.4 Å². The molecule has 26 heavy (non-hydrogen) atoms. The van der Waals surface area contributed by atoms with Crippen LogP contribution in [-0.2, 0) is 4.79 Å². The highest BCUT2D eigenvalue weighted by atomic mass is 16.3. The van der Waals surface area contributed by atoms with Crippen molar-refractivity contribution in [2.75, 3.05) is 12.8 Å². The van der Waals surface area contributed by atoms with E-state index < -0.39 is 0 Å². The minimum absolute atomic E-state index is 0.0159. The Kier molecular flexibility index (Phi) is 4.41. The third-order valence-corrected chi connectivity index (χ3v) is 6.08. The van der Waals surface area contributed by atoms with E-state index in [4.69, 9.17) is 15.6 Å². The fraction of sp³-hybridized carbons (Fsp3) is 0.429. The number of furan rings is 1. The lowest BCUT2D eigenvalue weighted by molar-refractivity contribution is -0.114. The second-order valence-electron chi connectivity index (χ2n) is 7.67. The average molecular weight is 351 g/mol. The van der Waals surface area contributed by atoms with Gasteiger partial charge >= 0.3 is 0 Å². The maximum atomic E-state index is 12.8. The molecule has 2 fully saturated rings. The molecule has 2 aliphatic rings. The fourth-order valence-electron chi connectivity index (χ4n) is 4.57. The lowest BCUT2D eigenvalue weighted by Gasteiger charge is -2.36. The topological polar surface area (TPSA) is 83.3 Å². The van der Waals surface area contributed by atoms with Gasteiger partial charge in [-0.3, -0.25) is 10.2 Å². The first-order valence-corrected chi connectivity index (χ1v) is 9.30. The second-order valence-corrected chi connectivity index (χ2v) is 7.67. The van der Waals surface area contributed by atoms with Gasteiger partial charge in [0.25, 0.3) is 0 Å². The average Bonchev–Trinajstić information content (AvgIpc) is 3.22. The molecule has 2 unspecified atom stereocenters. The van der Waals surface area contributed by atoms with Crippen molar-refractivity contribution in [1.82, 2.24) is 4.90 Å². The van der Waals surface area contributed by atoms with Gasteiger partial charge in [-0.25, -0.2) is 0 Å². The minimum Gasteiger partial charge on any atom is -0.464 e. The number of carbonyl (C=O) groups excluding carboxylic acids is 1. The number of benzene rings is 1. The number of rotatable bonds is 5. The van der Waals surface area contributed by atoms with E-state index in [1.165, 1.54) is 12.8 Å². The van der Waals surface area contributed by atoms with Crippen LogP contribution in [0.5, 0.6) is 0 Å². The van der Waals surface area contributed by atoms with E-state index in [1.807, 2.05) is 18.2 Å². The molecule has 4 rings (SSSR count). The number of carbonyl (C=O) groups is 1. The fourth-order valence-corrected chi connectivity index (χ4v) is 4.57. The number of nitrogens with one attached hydrogen (secondary N) is 1. The number of ketones is 1. The molecular weight excluding hydrogens is 326 g/mol. The van der Waals surface area contributed by atoms with Gasteiger partial charge in [-0.2, -0.15) is 0 Å². The van der Waals surface area contributed by atoms with Crippen LogP contribution in [0.4, 0.5) is 5.69 Å². The molecule has 1 aromatic carbocycles. The summed E-state index contributed by atoms with van der Waals surface area (Å²) in [5.74, 6) is 0.978. The highest BCUT2D eigenvalue weighted by Gasteiger charge is 2.39. The Bertz CT molecular complexity index is 814. The first-order valence-electron chi connectivity index (χ1n) is 9.30. The molecule has 5 heteroatoms. The van der Waals surface area contributed by atoms with Gasteiger partial charge in [0.15, 0.2) is 5.78 Å². The van der Waals surface area contributed by atoms with Gasteiger partial charge in [0, 0.05) is 35.3 Å². The normalized spacial score (nSPS) is 25.3. The summed E-state index contributed by atoms with van der Waals surface area (Å²) in [6.07, 6.45) is 6.66. The van der Waals surface area contributed by atoms with Gasteiger partial charge in [-0.1, -0.05) is 0 Å². The molecule has 1 aromatic heterocycles. The van der Waals surface area contributed by atoms with Gasteiger partial charge in [-0.05, 0) is 69.0 Å². The van der Waals surface area contributed by atoms with Crippen molar-refractivity contribution in [1.29, 1.82) is 5.41 Å². The number of hydrogen-bond acceptors (Lipinski definition) is 5. The summed E-state index contributed by atoms with van der Waals surface area (Å²) < 4.78 is 5.42. The molecule has 2 saturated heterocycles. The van der Waals surface area contributed by atoms with E-state index in [0.717, 1.165) is 18.4 Å². The summed E-state index contributed by atoms with van der Waals surface area (Å²) in [5.41, 5.74) is 7.86. The van der Waals surface area contributed by atoms with Crippen molar-refractivity contribution in [3.8, 4) is 11.3 Å². The molecule has 2 aromatic rings. The molecule has 0 amide bonds. The molecule has 0 saturated carbocycles. The number of piperidine rings is 1. The summed E-state index contributed by atoms with van der Waals surface area (Å²) in [7, 11) is 2.20. The van der Waals surface area contributed by atoms with E-state index >= 15 is 0 Å². The first-order chi connectivity index (χ1) is 12.5. The quantitative estimate of drug-likeness (QED) is 0.635. The molecule has 2 aliphatic heterocycles. The first kappa shape index (κ1) is 17.0. The molecular formula is C21H25N3O2. The van der Waals surface area contributed by atoms with Gasteiger partial charge in [-0.15, -0.1) is 0 Å². The summed E-state index contributed by atoms with van der Waals surface area (Å²) in [6.45, 7) is 0. The number of nitrogen functional groups attached to an aromatic ring is 1. The number of fused-ring (bicyclic) bond motifs is 2. The van der Waals surface area contributed by atoms with Gasteiger partial charge < -0.3 is 15.1 Å². The predicted octanol–water partition coefficient (Wildman–Crippen LogP) is 3.73. The van der Waals surface area contributed by atoms with Crippen molar-refractivity contribution in [2.24, 2.45) is 5.92 Å². The van der Waals surface area contributed by atoms with Gasteiger partial charge in [0.05, 0.1) is 6.26 Å². The lowest BCUT2D eigenvalue weighted by Crippen LogP contribution is -2.40. The molecule has 2 bridgehead atoms. The van der Waals surface area contributed by atoms with Crippen molar-refractivity contribution in [3.63, 3.8) is 0 Å². The van der Waals surface area contributed by atoms with Crippen molar-refractivity contribution in [2.45, 2.75) is 44.2 Å². The molecule has 2 atom stereocenters. The number of hydrogen-bond donors (Lipinski definition) is 2. The van der Waals surface area contributed by atoms with Crippen LogP contribution in [-0.4, -0.2) is 35.5 Å². The van der Waals surface area contributed by atoms with Crippen LogP contribution < -0.4 is 5.73 Å². The van der Waals surface area contributed by atoms with E-state index in [2.05, 4.69) is 11.9 Å². The predicted molar refractivity (Wildman–Crippen MR) is 102 cm³/mol. The van der Waals surface area contributed by atoms with Gasteiger partial charge in [0.1, 0.15) is 11.5 Å². The summed E-state index contributed by atoms with van der Waals surface area (Å²) >= 11 is 0. The molecule has 0 spiro atoms. The largest absolute Gasteiger partial charge is 0.464 e. The minimum atomic E-state index is -0.109. The van der Waals surface area contributed by atoms with Crippen molar-refractivity contribution in [3.05, 3.63) is 42.2 Å². The van der Waals surface area contributed by atoms with Crippen LogP contribution in [0.1, 0.15) is 37.7 Å². The van der Waals surface area contributed by atoms with Gasteiger partial charge in [0.2, 0.25) is 0 Å². The number of nitrogens with two attached hydrogens (primary N) is 1. The molecule has 0 aliphatic carbocycles. The highest BCUT2D eigenvalue weighted by molar-refractivity contribution is 6.46. The zero-order valence-electron chi connectivity index (χ0n) is 15.1. The zero-order valence-corrected chi connectivity index (χ0v) is 15.1. The third kappa shape index (κ3) is 3.07. The molecule has 0 radical (unpaired) electrons. The summed E-state index contributed by atoms with van der Waals surface area (Å²) in [5, 5.41) is 8.40. The Balaban J connectivity index is 1.49. The Morgan fingerprint density at radius 3 is 2.65 bits per heavy atom. The van der Waals surface area contributed by atoms with Crippen molar-refractivity contribution < 1.29 is 9.21 Å².